The Morgan fingerprint density at radius 2 is 2.24 bits per heavy atom. The van der Waals surface area contributed by atoms with E-state index >= 15 is 0 Å². The van der Waals surface area contributed by atoms with Crippen LogP contribution < -0.4 is 10.9 Å². The zero-order chi connectivity index (χ0) is 12.7. The van der Waals surface area contributed by atoms with Crippen molar-refractivity contribution in [1.82, 2.24) is 15.1 Å². The second-order valence-corrected chi connectivity index (χ2v) is 4.40. The highest BCUT2D eigenvalue weighted by atomic mass is 16.1. The van der Waals surface area contributed by atoms with Gasteiger partial charge < -0.3 is 5.32 Å². The maximum absolute atomic E-state index is 11.6. The zero-order valence-electron chi connectivity index (χ0n) is 11.1. The summed E-state index contributed by atoms with van der Waals surface area (Å²) in [7, 11) is 0. The smallest absolute Gasteiger partial charge is 0.266 e. The molecule has 1 aromatic heterocycles. The van der Waals surface area contributed by atoms with Crippen molar-refractivity contribution in [1.29, 1.82) is 0 Å². The van der Waals surface area contributed by atoms with E-state index in [1.165, 1.54) is 0 Å². The number of hydrogen-bond donors (Lipinski definition) is 1. The van der Waals surface area contributed by atoms with Crippen molar-refractivity contribution < 1.29 is 0 Å². The van der Waals surface area contributed by atoms with E-state index in [9.17, 15) is 4.79 Å². The summed E-state index contributed by atoms with van der Waals surface area (Å²) in [6.07, 6.45) is 4.95. The van der Waals surface area contributed by atoms with Crippen LogP contribution in [0.15, 0.2) is 17.1 Å². The van der Waals surface area contributed by atoms with Crippen LogP contribution in [0.3, 0.4) is 0 Å². The second-order valence-electron chi connectivity index (χ2n) is 4.40. The van der Waals surface area contributed by atoms with Gasteiger partial charge in [-0.3, -0.25) is 4.79 Å². The number of nitrogens with one attached hydrogen (secondary N) is 1. The Bertz CT molecular complexity index is 386. The van der Waals surface area contributed by atoms with Gasteiger partial charge in [-0.1, -0.05) is 13.8 Å². The zero-order valence-corrected chi connectivity index (χ0v) is 11.1. The molecule has 1 rings (SSSR count). The van der Waals surface area contributed by atoms with E-state index in [-0.39, 0.29) is 5.56 Å². The van der Waals surface area contributed by atoms with E-state index in [4.69, 9.17) is 0 Å². The lowest BCUT2D eigenvalue weighted by molar-refractivity contribution is 0.433. The van der Waals surface area contributed by atoms with Crippen molar-refractivity contribution >= 4 is 0 Å². The van der Waals surface area contributed by atoms with Crippen LogP contribution in [0.25, 0.3) is 0 Å². The predicted molar refractivity (Wildman–Crippen MR) is 70.2 cm³/mol. The van der Waals surface area contributed by atoms with E-state index in [1.807, 2.05) is 6.92 Å². The third kappa shape index (κ3) is 4.69. The van der Waals surface area contributed by atoms with Crippen molar-refractivity contribution in [2.75, 3.05) is 6.54 Å². The lowest BCUT2D eigenvalue weighted by Gasteiger charge is -2.15. The minimum Gasteiger partial charge on any atom is -0.314 e. The van der Waals surface area contributed by atoms with Gasteiger partial charge in [0.2, 0.25) is 0 Å². The maximum atomic E-state index is 11.6. The van der Waals surface area contributed by atoms with Crippen LogP contribution in [0.2, 0.25) is 0 Å². The Labute approximate surface area is 103 Å². The highest BCUT2D eigenvalue weighted by Gasteiger charge is 2.04. The molecule has 0 aromatic carbocycles. The van der Waals surface area contributed by atoms with E-state index in [0.717, 1.165) is 31.4 Å². The SMILES string of the molecule is CCNC(CC)CCCn1ncc(C)cc1=O. The number of hydrogen-bond acceptors (Lipinski definition) is 3. The normalized spacial score (nSPS) is 12.6. The van der Waals surface area contributed by atoms with Gasteiger partial charge in [-0.15, -0.1) is 0 Å². The van der Waals surface area contributed by atoms with Crippen molar-refractivity contribution in [3.05, 3.63) is 28.2 Å². The standard InChI is InChI=1S/C13H23N3O/c1-4-12(14-5-2)7-6-8-16-13(17)9-11(3)10-15-16/h9-10,12,14H,4-8H2,1-3H3. The van der Waals surface area contributed by atoms with Crippen molar-refractivity contribution in [2.24, 2.45) is 0 Å². The van der Waals surface area contributed by atoms with Gasteiger partial charge in [-0.05, 0) is 38.3 Å². The highest BCUT2D eigenvalue weighted by Crippen LogP contribution is 2.02. The fourth-order valence-electron chi connectivity index (χ4n) is 1.92. The first-order valence-electron chi connectivity index (χ1n) is 6.44. The molecule has 0 saturated heterocycles. The lowest BCUT2D eigenvalue weighted by Crippen LogP contribution is -2.29. The Morgan fingerprint density at radius 1 is 1.47 bits per heavy atom. The third-order valence-corrected chi connectivity index (χ3v) is 2.91. The Kier molecular flexibility index (Phi) is 5.91. The first-order chi connectivity index (χ1) is 8.17. The van der Waals surface area contributed by atoms with Crippen molar-refractivity contribution in [3.63, 3.8) is 0 Å². The fourth-order valence-corrected chi connectivity index (χ4v) is 1.92. The van der Waals surface area contributed by atoms with Crippen molar-refractivity contribution in [3.8, 4) is 0 Å². The third-order valence-electron chi connectivity index (χ3n) is 2.91. The number of aryl methyl sites for hydroxylation is 2. The molecule has 4 nitrogen and oxygen atoms in total. The molecule has 0 bridgehead atoms. The molecular weight excluding hydrogens is 214 g/mol. The molecule has 1 atom stereocenters. The van der Waals surface area contributed by atoms with E-state index in [1.54, 1.807) is 16.9 Å². The van der Waals surface area contributed by atoms with E-state index in [2.05, 4.69) is 24.3 Å². The molecule has 17 heavy (non-hydrogen) atoms. The van der Waals surface area contributed by atoms with Crippen LogP contribution in [-0.2, 0) is 6.54 Å². The molecular formula is C13H23N3O. The quantitative estimate of drug-likeness (QED) is 0.785. The molecule has 0 radical (unpaired) electrons. The van der Waals surface area contributed by atoms with Gasteiger partial charge in [0.05, 0.1) is 6.20 Å². The van der Waals surface area contributed by atoms with Crippen LogP contribution in [0.4, 0.5) is 0 Å². The summed E-state index contributed by atoms with van der Waals surface area (Å²) in [6, 6.07) is 2.19. The molecule has 0 saturated carbocycles. The van der Waals surface area contributed by atoms with Crippen LogP contribution in [0, 0.1) is 6.92 Å². The summed E-state index contributed by atoms with van der Waals surface area (Å²) < 4.78 is 1.55. The summed E-state index contributed by atoms with van der Waals surface area (Å²) in [6.45, 7) is 7.90. The molecule has 1 heterocycles. The Balaban J connectivity index is 2.42. The Hall–Kier alpha value is -1.16. The molecule has 0 aliphatic heterocycles. The monoisotopic (exact) mass is 237 g/mol. The van der Waals surface area contributed by atoms with Crippen LogP contribution >= 0.6 is 0 Å². The number of rotatable bonds is 7. The summed E-state index contributed by atoms with van der Waals surface area (Å²) in [5.41, 5.74) is 0.923. The van der Waals surface area contributed by atoms with Gasteiger partial charge in [-0.2, -0.15) is 5.10 Å². The van der Waals surface area contributed by atoms with Gasteiger partial charge in [0.25, 0.3) is 5.56 Å². The first-order valence-corrected chi connectivity index (χ1v) is 6.44. The lowest BCUT2D eigenvalue weighted by atomic mass is 10.1. The summed E-state index contributed by atoms with van der Waals surface area (Å²) >= 11 is 0. The average Bonchev–Trinajstić information content (AvgIpc) is 2.30. The largest absolute Gasteiger partial charge is 0.314 e. The van der Waals surface area contributed by atoms with Gasteiger partial charge in [0, 0.05) is 18.7 Å². The summed E-state index contributed by atoms with van der Waals surface area (Å²) in [5.74, 6) is 0. The van der Waals surface area contributed by atoms with E-state index < -0.39 is 0 Å². The second kappa shape index (κ2) is 7.22. The van der Waals surface area contributed by atoms with Crippen molar-refractivity contribution in [2.45, 2.75) is 52.6 Å². The van der Waals surface area contributed by atoms with Crippen LogP contribution in [-0.4, -0.2) is 22.4 Å². The van der Waals surface area contributed by atoms with Crippen LogP contribution in [0.5, 0.6) is 0 Å². The van der Waals surface area contributed by atoms with Gasteiger partial charge in [-0.25, -0.2) is 4.68 Å². The Morgan fingerprint density at radius 3 is 2.82 bits per heavy atom. The minimum absolute atomic E-state index is 0.00139. The molecule has 1 aromatic rings. The molecule has 0 aliphatic carbocycles. The van der Waals surface area contributed by atoms with Gasteiger partial charge >= 0.3 is 0 Å². The predicted octanol–water partition coefficient (Wildman–Crippen LogP) is 1.72. The topological polar surface area (TPSA) is 46.9 Å². The van der Waals surface area contributed by atoms with Gasteiger partial charge in [0.15, 0.2) is 0 Å². The molecule has 96 valence electrons. The van der Waals surface area contributed by atoms with E-state index in [0.29, 0.717) is 12.6 Å². The number of nitrogens with zero attached hydrogens (tertiary/aromatic N) is 2. The van der Waals surface area contributed by atoms with Gasteiger partial charge in [0.1, 0.15) is 0 Å². The first kappa shape index (κ1) is 13.9. The highest BCUT2D eigenvalue weighted by molar-refractivity contribution is 5.02. The molecule has 0 aliphatic rings. The van der Waals surface area contributed by atoms with Crippen LogP contribution in [0.1, 0.15) is 38.7 Å². The molecule has 0 amide bonds. The summed E-state index contributed by atoms with van der Waals surface area (Å²) in [5, 5.41) is 7.56. The minimum atomic E-state index is 0.00139. The fraction of sp³-hybridized carbons (Fsp3) is 0.692. The number of aromatic nitrogens is 2. The molecule has 0 spiro atoms. The maximum Gasteiger partial charge on any atom is 0.266 e. The molecule has 1 N–H and O–H groups in total. The average molecular weight is 237 g/mol. The summed E-state index contributed by atoms with van der Waals surface area (Å²) in [4.78, 5) is 11.6. The molecule has 4 heteroatoms. The molecule has 1 unspecified atom stereocenters. The molecule has 0 fully saturated rings.